The molecule has 0 aliphatic heterocycles. The first kappa shape index (κ1) is 19.6. The summed E-state index contributed by atoms with van der Waals surface area (Å²) >= 11 is 0.912. The SMILES string of the molecule is O=C(CSc1nnc(-c2ccccc2)c(=O)[nH]1)Nc1cccc(C(F)(F)F)c1. The van der Waals surface area contributed by atoms with Gasteiger partial charge in [-0.3, -0.25) is 14.6 Å². The second kappa shape index (κ2) is 8.26. The normalized spacial score (nSPS) is 11.2. The molecule has 10 heteroatoms. The molecule has 1 aromatic heterocycles. The zero-order valence-electron chi connectivity index (χ0n) is 14.2. The molecule has 0 radical (unpaired) electrons. The Bertz CT molecular complexity index is 1040. The van der Waals surface area contributed by atoms with Gasteiger partial charge in [0.1, 0.15) is 0 Å². The van der Waals surface area contributed by atoms with Crippen molar-refractivity contribution in [2.75, 3.05) is 11.1 Å². The Morgan fingerprint density at radius 3 is 2.50 bits per heavy atom. The molecule has 0 atom stereocenters. The van der Waals surface area contributed by atoms with Gasteiger partial charge in [-0.25, -0.2) is 0 Å². The zero-order chi connectivity index (χ0) is 20.1. The van der Waals surface area contributed by atoms with E-state index in [1.807, 2.05) is 0 Å². The summed E-state index contributed by atoms with van der Waals surface area (Å²) in [7, 11) is 0. The fourth-order valence-electron chi connectivity index (χ4n) is 2.28. The summed E-state index contributed by atoms with van der Waals surface area (Å²) in [5.74, 6) is -0.704. The summed E-state index contributed by atoms with van der Waals surface area (Å²) in [6, 6.07) is 13.1. The van der Waals surface area contributed by atoms with Gasteiger partial charge >= 0.3 is 6.18 Å². The lowest BCUT2D eigenvalue weighted by Crippen LogP contribution is -2.17. The Labute approximate surface area is 161 Å². The minimum atomic E-state index is -4.49. The largest absolute Gasteiger partial charge is 0.416 e. The smallest absolute Gasteiger partial charge is 0.325 e. The summed E-state index contributed by atoms with van der Waals surface area (Å²) in [4.78, 5) is 26.6. The van der Waals surface area contributed by atoms with Crippen molar-refractivity contribution in [3.8, 4) is 11.3 Å². The van der Waals surface area contributed by atoms with E-state index >= 15 is 0 Å². The van der Waals surface area contributed by atoms with Gasteiger partial charge in [0.15, 0.2) is 10.9 Å². The number of amides is 1. The third-order valence-corrected chi connectivity index (χ3v) is 4.40. The van der Waals surface area contributed by atoms with E-state index in [4.69, 9.17) is 0 Å². The third-order valence-electron chi connectivity index (χ3n) is 3.54. The first-order valence-corrected chi connectivity index (χ1v) is 8.94. The summed E-state index contributed by atoms with van der Waals surface area (Å²) in [5, 5.41) is 10.3. The Balaban J connectivity index is 1.62. The monoisotopic (exact) mass is 406 g/mol. The van der Waals surface area contributed by atoms with Gasteiger partial charge in [0.05, 0.1) is 11.3 Å². The Morgan fingerprint density at radius 2 is 1.82 bits per heavy atom. The number of halogens is 3. The molecule has 6 nitrogen and oxygen atoms in total. The number of carbonyl (C=O) groups excluding carboxylic acids is 1. The van der Waals surface area contributed by atoms with E-state index < -0.39 is 23.2 Å². The van der Waals surface area contributed by atoms with Crippen molar-refractivity contribution in [2.24, 2.45) is 0 Å². The summed E-state index contributed by atoms with van der Waals surface area (Å²) in [6.07, 6.45) is -4.49. The van der Waals surface area contributed by atoms with E-state index in [2.05, 4.69) is 20.5 Å². The average molecular weight is 406 g/mol. The van der Waals surface area contributed by atoms with Gasteiger partial charge in [0, 0.05) is 11.3 Å². The molecule has 0 unspecified atom stereocenters. The van der Waals surface area contributed by atoms with Crippen LogP contribution >= 0.6 is 11.8 Å². The molecule has 0 aliphatic rings. The topological polar surface area (TPSA) is 87.7 Å². The quantitative estimate of drug-likeness (QED) is 0.633. The van der Waals surface area contributed by atoms with Gasteiger partial charge in [-0.1, -0.05) is 48.2 Å². The number of nitrogens with zero attached hydrogens (tertiary/aromatic N) is 2. The number of carbonyl (C=O) groups is 1. The van der Waals surface area contributed by atoms with Crippen LogP contribution in [0.1, 0.15) is 5.56 Å². The first-order chi connectivity index (χ1) is 13.3. The summed E-state index contributed by atoms with van der Waals surface area (Å²) < 4.78 is 38.1. The van der Waals surface area contributed by atoms with Crippen molar-refractivity contribution in [1.29, 1.82) is 0 Å². The molecule has 28 heavy (non-hydrogen) atoms. The van der Waals surface area contributed by atoms with Gasteiger partial charge in [-0.05, 0) is 18.2 Å². The van der Waals surface area contributed by atoms with Crippen LogP contribution in [0, 0.1) is 0 Å². The number of anilines is 1. The Hall–Kier alpha value is -3.14. The fraction of sp³-hybridized carbons (Fsp3) is 0.111. The fourth-order valence-corrected chi connectivity index (χ4v) is 2.88. The minimum absolute atomic E-state index is 0.0272. The average Bonchev–Trinajstić information content (AvgIpc) is 2.67. The standard InChI is InChI=1S/C18H13F3N4O2S/c19-18(20,21)12-7-4-8-13(9-12)22-14(26)10-28-17-23-16(27)15(24-25-17)11-5-2-1-3-6-11/h1-9H,10H2,(H,22,26)(H,23,25,27). The van der Waals surface area contributed by atoms with E-state index in [1.165, 1.54) is 12.1 Å². The number of aromatic amines is 1. The number of aromatic nitrogens is 3. The molecule has 0 saturated heterocycles. The molecule has 0 aliphatic carbocycles. The zero-order valence-corrected chi connectivity index (χ0v) is 15.0. The van der Waals surface area contributed by atoms with Gasteiger partial charge in [0.25, 0.3) is 5.56 Å². The number of hydrogen-bond acceptors (Lipinski definition) is 5. The number of rotatable bonds is 5. The number of thioether (sulfide) groups is 1. The van der Waals surface area contributed by atoms with Crippen LogP contribution < -0.4 is 10.9 Å². The third kappa shape index (κ3) is 4.97. The molecular weight excluding hydrogens is 393 g/mol. The maximum Gasteiger partial charge on any atom is 0.416 e. The van der Waals surface area contributed by atoms with Crippen molar-refractivity contribution < 1.29 is 18.0 Å². The predicted molar refractivity (Wildman–Crippen MR) is 98.9 cm³/mol. The van der Waals surface area contributed by atoms with Crippen LogP contribution in [0.2, 0.25) is 0 Å². The lowest BCUT2D eigenvalue weighted by atomic mass is 10.2. The van der Waals surface area contributed by atoms with Gasteiger partial charge in [0.2, 0.25) is 5.91 Å². The van der Waals surface area contributed by atoms with Gasteiger partial charge in [-0.2, -0.15) is 13.2 Å². The summed E-state index contributed by atoms with van der Waals surface area (Å²) in [5.41, 5.74) is -0.528. The molecule has 3 rings (SSSR count). The lowest BCUT2D eigenvalue weighted by Gasteiger charge is -2.09. The molecule has 144 valence electrons. The number of hydrogen-bond donors (Lipinski definition) is 2. The van der Waals surface area contributed by atoms with Crippen LogP contribution in [0.25, 0.3) is 11.3 Å². The lowest BCUT2D eigenvalue weighted by molar-refractivity contribution is -0.137. The molecule has 0 bridgehead atoms. The van der Waals surface area contributed by atoms with E-state index in [0.717, 1.165) is 23.9 Å². The molecule has 0 saturated carbocycles. The van der Waals surface area contributed by atoms with Crippen molar-refractivity contribution in [1.82, 2.24) is 15.2 Å². The van der Waals surface area contributed by atoms with E-state index in [0.29, 0.717) is 5.56 Å². The van der Waals surface area contributed by atoms with E-state index in [1.54, 1.807) is 30.3 Å². The number of benzene rings is 2. The van der Waals surface area contributed by atoms with Crippen molar-refractivity contribution in [3.63, 3.8) is 0 Å². The first-order valence-electron chi connectivity index (χ1n) is 7.95. The molecule has 1 heterocycles. The van der Waals surface area contributed by atoms with Crippen LogP contribution in [-0.2, 0) is 11.0 Å². The second-order valence-corrected chi connectivity index (χ2v) is 6.55. The van der Waals surface area contributed by atoms with Crippen LogP contribution in [-0.4, -0.2) is 26.8 Å². The van der Waals surface area contributed by atoms with Crippen molar-refractivity contribution >= 4 is 23.4 Å². The minimum Gasteiger partial charge on any atom is -0.325 e. The highest BCUT2D eigenvalue weighted by Gasteiger charge is 2.30. The summed E-state index contributed by atoms with van der Waals surface area (Å²) in [6.45, 7) is 0. The van der Waals surface area contributed by atoms with Gasteiger partial charge < -0.3 is 5.32 Å². The molecule has 3 aromatic rings. The number of nitrogens with one attached hydrogen (secondary N) is 2. The van der Waals surface area contributed by atoms with Crippen LogP contribution in [0.4, 0.5) is 18.9 Å². The second-order valence-electron chi connectivity index (χ2n) is 5.59. The predicted octanol–water partition coefficient (Wildman–Crippen LogP) is 3.58. The molecular formula is C18H13F3N4O2S. The molecule has 2 aromatic carbocycles. The molecule has 2 N–H and O–H groups in total. The molecule has 0 spiro atoms. The molecule has 0 fully saturated rings. The maximum atomic E-state index is 12.7. The van der Waals surface area contributed by atoms with Crippen LogP contribution in [0.5, 0.6) is 0 Å². The van der Waals surface area contributed by atoms with Crippen molar-refractivity contribution in [2.45, 2.75) is 11.3 Å². The highest BCUT2D eigenvalue weighted by molar-refractivity contribution is 7.99. The Morgan fingerprint density at radius 1 is 1.07 bits per heavy atom. The van der Waals surface area contributed by atoms with Crippen LogP contribution in [0.15, 0.2) is 64.5 Å². The molecule has 1 amide bonds. The maximum absolute atomic E-state index is 12.7. The van der Waals surface area contributed by atoms with Crippen LogP contribution in [0.3, 0.4) is 0 Å². The highest BCUT2D eigenvalue weighted by Crippen LogP contribution is 2.30. The highest BCUT2D eigenvalue weighted by atomic mass is 32.2. The van der Waals surface area contributed by atoms with Crippen molar-refractivity contribution in [3.05, 3.63) is 70.5 Å². The van der Waals surface area contributed by atoms with E-state index in [-0.39, 0.29) is 22.3 Å². The number of alkyl halides is 3. The van der Waals surface area contributed by atoms with Gasteiger partial charge in [-0.15, -0.1) is 10.2 Å². The van der Waals surface area contributed by atoms with E-state index in [9.17, 15) is 22.8 Å². The number of H-pyrrole nitrogens is 1. The Kier molecular flexibility index (Phi) is 5.78.